The molecule has 0 unspecified atom stereocenters. The van der Waals surface area contributed by atoms with Crippen molar-refractivity contribution in [2.24, 2.45) is 0 Å². The molecule has 41 heavy (non-hydrogen) atoms. The first-order valence-corrected chi connectivity index (χ1v) is 14.0. The van der Waals surface area contributed by atoms with Crippen molar-refractivity contribution in [1.82, 2.24) is 4.98 Å². The average molecular weight is 523 g/mol. The lowest BCUT2D eigenvalue weighted by molar-refractivity contribution is 1.30. The molecule has 0 aliphatic heterocycles. The van der Waals surface area contributed by atoms with E-state index in [2.05, 4.69) is 155 Å². The molecule has 0 fully saturated rings. The predicted molar refractivity (Wildman–Crippen MR) is 174 cm³/mol. The smallest absolute Gasteiger partial charge is 0.0702 e. The van der Waals surface area contributed by atoms with Gasteiger partial charge in [0, 0.05) is 28.3 Å². The Hall–Kier alpha value is -5.47. The Kier molecular flexibility index (Phi) is 5.49. The Morgan fingerprint density at radius 1 is 0.415 bits per heavy atom. The molecule has 1 heterocycles. The zero-order valence-corrected chi connectivity index (χ0v) is 22.4. The maximum Gasteiger partial charge on any atom is 0.0702 e. The number of rotatable bonds is 4. The molecule has 1 aromatic heterocycles. The minimum atomic E-state index is 1.01. The summed E-state index contributed by atoms with van der Waals surface area (Å²) in [4.78, 5) is 6.88. The van der Waals surface area contributed by atoms with Gasteiger partial charge in [-0.2, -0.15) is 0 Å². The summed E-state index contributed by atoms with van der Waals surface area (Å²) in [5, 5.41) is 8.57. The predicted octanol–water partition coefficient (Wildman–Crippen LogP) is 10.8. The maximum atomic E-state index is 4.49. The van der Waals surface area contributed by atoms with Gasteiger partial charge in [0.05, 0.1) is 11.2 Å². The molecule has 0 radical (unpaired) electrons. The second-order valence-electron chi connectivity index (χ2n) is 10.5. The molecule has 0 amide bonds. The van der Waals surface area contributed by atoms with Gasteiger partial charge < -0.3 is 4.90 Å². The zero-order chi connectivity index (χ0) is 27.2. The minimum Gasteiger partial charge on any atom is -0.310 e. The van der Waals surface area contributed by atoms with Crippen molar-refractivity contribution in [3.8, 4) is 11.1 Å². The van der Waals surface area contributed by atoms with Crippen LogP contribution in [-0.2, 0) is 0 Å². The van der Waals surface area contributed by atoms with Crippen LogP contribution < -0.4 is 4.90 Å². The molecule has 0 aliphatic rings. The maximum absolute atomic E-state index is 4.49. The molecule has 0 aliphatic carbocycles. The normalized spacial score (nSPS) is 11.4. The van der Waals surface area contributed by atoms with E-state index >= 15 is 0 Å². The third-order valence-electron chi connectivity index (χ3n) is 8.02. The van der Waals surface area contributed by atoms with Gasteiger partial charge in [-0.25, -0.2) is 0 Å². The van der Waals surface area contributed by atoms with Crippen LogP contribution in [0.2, 0.25) is 0 Å². The molecule has 2 nitrogen and oxygen atoms in total. The fourth-order valence-electron chi connectivity index (χ4n) is 6.04. The molecule has 8 aromatic rings. The van der Waals surface area contributed by atoms with Crippen LogP contribution in [-0.4, -0.2) is 4.98 Å². The van der Waals surface area contributed by atoms with Crippen LogP contribution in [0.25, 0.3) is 54.3 Å². The average Bonchev–Trinajstić information content (AvgIpc) is 3.05. The number of para-hydroxylation sites is 1. The van der Waals surface area contributed by atoms with E-state index in [0.717, 1.165) is 22.3 Å². The van der Waals surface area contributed by atoms with Gasteiger partial charge in [0.1, 0.15) is 0 Å². The molecular formula is C39H26N2. The lowest BCUT2D eigenvalue weighted by Gasteiger charge is -2.27. The molecular weight excluding hydrogens is 496 g/mol. The molecule has 2 heteroatoms. The van der Waals surface area contributed by atoms with Crippen molar-refractivity contribution >= 4 is 60.3 Å². The van der Waals surface area contributed by atoms with Crippen molar-refractivity contribution in [3.63, 3.8) is 0 Å². The van der Waals surface area contributed by atoms with E-state index in [0.29, 0.717) is 0 Å². The summed E-state index contributed by atoms with van der Waals surface area (Å²) in [6.45, 7) is 0. The molecule has 0 saturated carbocycles. The van der Waals surface area contributed by atoms with Crippen molar-refractivity contribution in [2.45, 2.75) is 0 Å². The van der Waals surface area contributed by atoms with E-state index in [-0.39, 0.29) is 0 Å². The molecule has 8 rings (SSSR count). The van der Waals surface area contributed by atoms with Crippen LogP contribution in [0.3, 0.4) is 0 Å². The first-order valence-electron chi connectivity index (χ1n) is 14.0. The Bertz CT molecular complexity index is 2220. The molecule has 7 aromatic carbocycles. The third-order valence-corrected chi connectivity index (χ3v) is 8.02. The van der Waals surface area contributed by atoms with Gasteiger partial charge in [-0.1, -0.05) is 97.1 Å². The first kappa shape index (κ1) is 23.4. The van der Waals surface area contributed by atoms with Gasteiger partial charge in [-0.05, 0) is 92.7 Å². The summed E-state index contributed by atoms with van der Waals surface area (Å²) in [6, 6.07) is 54.5. The van der Waals surface area contributed by atoms with Crippen LogP contribution in [0.4, 0.5) is 17.1 Å². The fraction of sp³-hybridized carbons (Fsp3) is 0. The summed E-state index contributed by atoms with van der Waals surface area (Å²) >= 11 is 0. The number of hydrogen-bond acceptors (Lipinski definition) is 2. The van der Waals surface area contributed by atoms with Crippen LogP contribution in [0, 0.1) is 0 Å². The topological polar surface area (TPSA) is 16.1 Å². The van der Waals surface area contributed by atoms with Crippen molar-refractivity contribution in [1.29, 1.82) is 0 Å². The molecule has 0 saturated heterocycles. The number of nitrogens with zero attached hydrogens (tertiary/aromatic N) is 2. The summed E-state index contributed by atoms with van der Waals surface area (Å²) in [6.07, 6.45) is 1.84. The number of aromatic nitrogens is 1. The van der Waals surface area contributed by atoms with Crippen LogP contribution in [0.5, 0.6) is 0 Å². The van der Waals surface area contributed by atoms with E-state index in [1.54, 1.807) is 0 Å². The summed E-state index contributed by atoms with van der Waals surface area (Å²) < 4.78 is 0. The summed E-state index contributed by atoms with van der Waals surface area (Å²) in [5.74, 6) is 0. The highest BCUT2D eigenvalue weighted by atomic mass is 15.1. The van der Waals surface area contributed by atoms with Gasteiger partial charge in [-0.15, -0.1) is 0 Å². The fourth-order valence-corrected chi connectivity index (χ4v) is 6.04. The van der Waals surface area contributed by atoms with Crippen molar-refractivity contribution < 1.29 is 0 Å². The molecule has 0 N–H and O–H groups in total. The quantitative estimate of drug-likeness (QED) is 0.214. The number of benzene rings is 7. The highest BCUT2D eigenvalue weighted by Gasteiger charge is 2.17. The van der Waals surface area contributed by atoms with Gasteiger partial charge in [0.25, 0.3) is 0 Å². The molecule has 0 spiro atoms. The van der Waals surface area contributed by atoms with E-state index in [9.17, 15) is 0 Å². The van der Waals surface area contributed by atoms with Crippen LogP contribution >= 0.6 is 0 Å². The van der Waals surface area contributed by atoms with E-state index in [4.69, 9.17) is 0 Å². The number of pyridine rings is 1. The number of hydrogen-bond donors (Lipinski definition) is 0. The summed E-state index contributed by atoms with van der Waals surface area (Å²) in [7, 11) is 0. The Balaban J connectivity index is 1.33. The third kappa shape index (κ3) is 4.09. The number of fused-ring (bicyclic) bond motifs is 5. The molecule has 0 bridgehead atoms. The Morgan fingerprint density at radius 3 is 2.05 bits per heavy atom. The standard InChI is InChI=1S/C39H26N2/c1-2-11-34(12-3-1)41(38-14-6-9-29-17-16-28-8-4-5-13-36(28)39(29)38)35-21-19-27-15-18-30(25-33(27)26-35)31-20-22-37-32(24-31)10-7-23-40-37/h1-26H. The zero-order valence-electron chi connectivity index (χ0n) is 22.4. The summed E-state index contributed by atoms with van der Waals surface area (Å²) in [5.41, 5.74) is 6.83. The van der Waals surface area contributed by atoms with Gasteiger partial charge in [-0.3, -0.25) is 4.98 Å². The van der Waals surface area contributed by atoms with Gasteiger partial charge >= 0.3 is 0 Å². The van der Waals surface area contributed by atoms with Gasteiger partial charge in [0.15, 0.2) is 0 Å². The van der Waals surface area contributed by atoms with E-state index < -0.39 is 0 Å². The van der Waals surface area contributed by atoms with Crippen LogP contribution in [0.1, 0.15) is 0 Å². The largest absolute Gasteiger partial charge is 0.310 e. The van der Waals surface area contributed by atoms with E-state index in [1.165, 1.54) is 49.1 Å². The Morgan fingerprint density at radius 2 is 1.12 bits per heavy atom. The van der Waals surface area contributed by atoms with Crippen LogP contribution in [0.15, 0.2) is 158 Å². The Labute approximate surface area is 238 Å². The first-order chi connectivity index (χ1) is 20.3. The lowest BCUT2D eigenvalue weighted by Crippen LogP contribution is -2.10. The van der Waals surface area contributed by atoms with Crippen molar-refractivity contribution in [2.75, 3.05) is 4.90 Å². The second kappa shape index (κ2) is 9.62. The molecule has 0 atom stereocenters. The number of anilines is 3. The van der Waals surface area contributed by atoms with Gasteiger partial charge in [0.2, 0.25) is 0 Å². The van der Waals surface area contributed by atoms with Crippen molar-refractivity contribution in [3.05, 3.63) is 158 Å². The monoisotopic (exact) mass is 522 g/mol. The molecule has 192 valence electrons. The lowest BCUT2D eigenvalue weighted by atomic mass is 9.98. The SMILES string of the molecule is c1ccc(N(c2ccc3ccc(-c4ccc5ncccc5c4)cc3c2)c2cccc3ccc4ccccc4c23)cc1. The highest BCUT2D eigenvalue weighted by molar-refractivity contribution is 6.15. The second-order valence-corrected chi connectivity index (χ2v) is 10.5. The minimum absolute atomic E-state index is 1.01. The van der Waals surface area contributed by atoms with E-state index in [1.807, 2.05) is 12.3 Å². The highest BCUT2D eigenvalue weighted by Crippen LogP contribution is 2.42.